The highest BCUT2D eigenvalue weighted by atomic mass is 79.9. The number of unbranched alkanes of at least 4 members (excludes halogenated alkanes) is 1. The Morgan fingerprint density at radius 2 is 2.00 bits per heavy atom. The zero-order chi connectivity index (χ0) is 19.2. The summed E-state index contributed by atoms with van der Waals surface area (Å²) in [5, 5.41) is 19.0. The molecule has 2 aromatic rings. The van der Waals surface area contributed by atoms with E-state index >= 15 is 0 Å². The third-order valence-electron chi connectivity index (χ3n) is 3.49. The van der Waals surface area contributed by atoms with Gasteiger partial charge in [0.1, 0.15) is 5.01 Å². The van der Waals surface area contributed by atoms with E-state index in [1.54, 1.807) is 0 Å². The Balaban J connectivity index is 2.00. The predicted octanol–water partition coefficient (Wildman–Crippen LogP) is 2.84. The zero-order valence-corrected chi connectivity index (χ0v) is 16.9. The third kappa shape index (κ3) is 7.00. The second-order valence-electron chi connectivity index (χ2n) is 5.52. The first-order chi connectivity index (χ1) is 12.2. The minimum Gasteiger partial charge on any atom is -0.465 e. The van der Waals surface area contributed by atoms with Gasteiger partial charge in [0.2, 0.25) is 0 Å². The van der Waals surface area contributed by atoms with Crippen molar-refractivity contribution in [1.82, 2.24) is 15.0 Å². The Kier molecular flexibility index (Phi) is 7.53. The summed E-state index contributed by atoms with van der Waals surface area (Å²) in [6, 6.07) is 7.25. The Morgan fingerprint density at radius 1 is 1.31 bits per heavy atom. The van der Waals surface area contributed by atoms with Gasteiger partial charge >= 0.3 is 6.09 Å². The van der Waals surface area contributed by atoms with E-state index in [0.717, 1.165) is 15.0 Å². The summed E-state index contributed by atoms with van der Waals surface area (Å²) < 4.78 is 24.8. The lowest BCUT2D eigenvalue weighted by atomic mass is 10.1. The summed E-state index contributed by atoms with van der Waals surface area (Å²) in [5.41, 5.74) is 1.60. The lowest BCUT2D eigenvalue weighted by molar-refractivity contribution is 0.188. The molecule has 0 spiro atoms. The maximum absolute atomic E-state index is 11.1. The highest BCUT2D eigenvalue weighted by Crippen LogP contribution is 2.29. The molecule has 11 heteroatoms. The van der Waals surface area contributed by atoms with Gasteiger partial charge in [-0.2, -0.15) is 8.42 Å². The van der Waals surface area contributed by atoms with Crippen molar-refractivity contribution in [2.24, 2.45) is 5.14 Å². The monoisotopic (exact) mass is 462 g/mol. The Morgan fingerprint density at radius 3 is 2.62 bits per heavy atom. The van der Waals surface area contributed by atoms with Crippen molar-refractivity contribution in [2.75, 3.05) is 6.54 Å². The molecule has 0 aliphatic heterocycles. The number of aromatic nitrogens is 1. The van der Waals surface area contributed by atoms with Crippen LogP contribution in [-0.2, 0) is 10.2 Å². The van der Waals surface area contributed by atoms with E-state index in [4.69, 9.17) is 10.2 Å². The summed E-state index contributed by atoms with van der Waals surface area (Å²) in [6.07, 6.45) is 0.523. The fraction of sp³-hybridized carbons (Fsp3) is 0.333. The van der Waals surface area contributed by atoms with Gasteiger partial charge in [0, 0.05) is 22.0 Å². The standard InChI is InChI=1S/C15H19BrN4O4S2/c16-11-6-4-10(5-7-11)14-19-13(9-25-14)12(20-15(21)22)3-1-2-8-18-26(17,23)24/h4-7,9,12,18,20H,1-3,8H2,(H,21,22)(H2,17,23,24). The SMILES string of the molecule is NS(=O)(=O)NCCCCC(NC(=O)O)c1csc(-c2ccc(Br)cc2)n1. The molecule has 0 aliphatic carbocycles. The van der Waals surface area contributed by atoms with Crippen LogP contribution in [0.3, 0.4) is 0 Å². The fourth-order valence-corrected chi connectivity index (χ4v) is 3.88. The van der Waals surface area contributed by atoms with Crippen molar-refractivity contribution in [1.29, 1.82) is 0 Å². The number of thiazole rings is 1. The Labute approximate surface area is 164 Å². The summed E-state index contributed by atoms with van der Waals surface area (Å²) in [6.45, 7) is 0.208. The molecule has 1 unspecified atom stereocenters. The van der Waals surface area contributed by atoms with Gasteiger partial charge in [-0.05, 0) is 31.4 Å². The van der Waals surface area contributed by atoms with Crippen molar-refractivity contribution in [3.63, 3.8) is 0 Å². The molecule has 1 amide bonds. The molecule has 8 nitrogen and oxygen atoms in total. The quantitative estimate of drug-likeness (QED) is 0.424. The molecule has 5 N–H and O–H groups in total. The van der Waals surface area contributed by atoms with Crippen LogP contribution in [-0.4, -0.2) is 31.1 Å². The van der Waals surface area contributed by atoms with Gasteiger partial charge in [0.25, 0.3) is 10.2 Å². The number of carbonyl (C=O) groups is 1. The average molecular weight is 463 g/mol. The normalized spacial score (nSPS) is 12.7. The topological polar surface area (TPSA) is 134 Å². The molecule has 1 aromatic carbocycles. The number of rotatable bonds is 9. The van der Waals surface area contributed by atoms with Crippen molar-refractivity contribution in [3.8, 4) is 10.6 Å². The number of benzene rings is 1. The summed E-state index contributed by atoms with van der Waals surface area (Å²) in [5.74, 6) is 0. The number of hydrogen-bond acceptors (Lipinski definition) is 5. The second-order valence-corrected chi connectivity index (χ2v) is 8.67. The maximum atomic E-state index is 11.1. The van der Waals surface area contributed by atoms with Crippen molar-refractivity contribution in [3.05, 3.63) is 39.8 Å². The van der Waals surface area contributed by atoms with Crippen LogP contribution in [0.5, 0.6) is 0 Å². The predicted molar refractivity (Wildman–Crippen MR) is 104 cm³/mol. The Bertz CT molecular complexity index is 840. The van der Waals surface area contributed by atoms with Gasteiger partial charge in [0.05, 0.1) is 11.7 Å². The Hall–Kier alpha value is -1.53. The molecule has 0 radical (unpaired) electrons. The van der Waals surface area contributed by atoms with E-state index in [9.17, 15) is 13.2 Å². The van der Waals surface area contributed by atoms with Crippen molar-refractivity contribution >= 4 is 43.6 Å². The van der Waals surface area contributed by atoms with Crippen LogP contribution in [0.2, 0.25) is 0 Å². The molecular weight excluding hydrogens is 444 g/mol. The van der Waals surface area contributed by atoms with Gasteiger partial charge in [-0.3, -0.25) is 0 Å². The van der Waals surface area contributed by atoms with E-state index in [0.29, 0.717) is 25.0 Å². The first-order valence-electron chi connectivity index (χ1n) is 7.73. The molecular formula is C15H19BrN4O4S2. The molecule has 0 saturated heterocycles. The van der Waals surface area contributed by atoms with Gasteiger partial charge in [-0.1, -0.05) is 28.1 Å². The number of hydrogen-bond donors (Lipinski definition) is 4. The van der Waals surface area contributed by atoms with Crippen LogP contribution in [0.4, 0.5) is 4.79 Å². The summed E-state index contributed by atoms with van der Waals surface area (Å²) >= 11 is 4.83. The lowest BCUT2D eigenvalue weighted by Crippen LogP contribution is -2.31. The van der Waals surface area contributed by atoms with Crippen LogP contribution in [0.25, 0.3) is 10.6 Å². The third-order valence-corrected chi connectivity index (χ3v) is 5.54. The number of nitrogens with zero attached hydrogens (tertiary/aromatic N) is 1. The van der Waals surface area contributed by atoms with Crippen molar-refractivity contribution in [2.45, 2.75) is 25.3 Å². The molecule has 1 atom stereocenters. The van der Waals surface area contributed by atoms with E-state index in [-0.39, 0.29) is 6.54 Å². The first-order valence-corrected chi connectivity index (χ1v) is 10.9. The van der Waals surface area contributed by atoms with Crippen LogP contribution in [0.15, 0.2) is 34.1 Å². The number of halogens is 1. The van der Waals surface area contributed by atoms with Crippen LogP contribution in [0.1, 0.15) is 31.0 Å². The van der Waals surface area contributed by atoms with Crippen LogP contribution >= 0.6 is 27.3 Å². The molecule has 1 heterocycles. The number of amides is 1. The van der Waals surface area contributed by atoms with Gasteiger partial charge < -0.3 is 10.4 Å². The average Bonchev–Trinajstić information content (AvgIpc) is 3.02. The number of carboxylic acid groups (broad SMARTS) is 1. The largest absolute Gasteiger partial charge is 0.465 e. The molecule has 0 saturated carbocycles. The number of nitrogens with two attached hydrogens (primary N) is 1. The van der Waals surface area contributed by atoms with E-state index < -0.39 is 22.3 Å². The molecule has 0 fully saturated rings. The van der Waals surface area contributed by atoms with Gasteiger partial charge in [0.15, 0.2) is 0 Å². The smallest absolute Gasteiger partial charge is 0.405 e. The van der Waals surface area contributed by atoms with E-state index in [1.807, 2.05) is 29.6 Å². The highest BCUT2D eigenvalue weighted by molar-refractivity contribution is 9.10. The lowest BCUT2D eigenvalue weighted by Gasteiger charge is -2.14. The molecule has 142 valence electrons. The van der Waals surface area contributed by atoms with Crippen molar-refractivity contribution < 1.29 is 18.3 Å². The molecule has 2 rings (SSSR count). The summed E-state index contributed by atoms with van der Waals surface area (Å²) in [7, 11) is -3.70. The minimum absolute atomic E-state index is 0.208. The molecule has 26 heavy (non-hydrogen) atoms. The van der Waals surface area contributed by atoms with Crippen LogP contribution < -0.4 is 15.2 Å². The second kappa shape index (κ2) is 9.42. The van der Waals surface area contributed by atoms with E-state index in [1.165, 1.54) is 11.3 Å². The maximum Gasteiger partial charge on any atom is 0.405 e. The molecule has 0 bridgehead atoms. The van der Waals surface area contributed by atoms with E-state index in [2.05, 4.69) is 31.0 Å². The highest BCUT2D eigenvalue weighted by Gasteiger charge is 2.18. The minimum atomic E-state index is -3.70. The zero-order valence-electron chi connectivity index (χ0n) is 13.7. The summed E-state index contributed by atoms with van der Waals surface area (Å²) in [4.78, 5) is 15.6. The van der Waals surface area contributed by atoms with Gasteiger partial charge in [-0.25, -0.2) is 19.6 Å². The molecule has 0 aliphatic rings. The number of nitrogens with one attached hydrogen (secondary N) is 2. The van der Waals surface area contributed by atoms with Crippen LogP contribution in [0, 0.1) is 0 Å². The van der Waals surface area contributed by atoms with Gasteiger partial charge in [-0.15, -0.1) is 11.3 Å². The molecule has 1 aromatic heterocycles. The first kappa shape index (κ1) is 20.8. The fourth-order valence-electron chi connectivity index (χ4n) is 2.30.